The number of nitrogens with zero attached hydrogens (tertiary/aromatic N) is 2. The molecule has 1 aliphatic heterocycles. The van der Waals surface area contributed by atoms with Crippen LogP contribution in [-0.4, -0.2) is 48.6 Å². The normalized spacial score (nSPS) is 18.1. The summed E-state index contributed by atoms with van der Waals surface area (Å²) in [6.07, 6.45) is 5.42. The molecule has 3 aromatic rings. The third-order valence-corrected chi connectivity index (χ3v) is 6.64. The van der Waals surface area contributed by atoms with Crippen molar-refractivity contribution < 1.29 is 17.5 Å². The molecule has 29 heavy (non-hydrogen) atoms. The lowest BCUT2D eigenvalue weighted by atomic mass is 9.99. The van der Waals surface area contributed by atoms with Crippen molar-refractivity contribution >= 4 is 26.6 Å². The van der Waals surface area contributed by atoms with Crippen molar-refractivity contribution in [1.82, 2.24) is 14.3 Å². The first-order valence-corrected chi connectivity index (χ1v) is 11.1. The lowest BCUT2D eigenvalue weighted by Gasteiger charge is -2.30. The van der Waals surface area contributed by atoms with Crippen LogP contribution in [0.15, 0.2) is 42.6 Å². The van der Waals surface area contributed by atoms with Crippen molar-refractivity contribution in [2.24, 2.45) is 0 Å². The van der Waals surface area contributed by atoms with E-state index in [2.05, 4.69) is 9.97 Å². The molecule has 0 radical (unpaired) electrons. The number of methoxy groups -OCH3 is 1. The Hall–Kier alpha value is -2.71. The Morgan fingerprint density at radius 2 is 2.03 bits per heavy atom. The molecule has 1 aromatic carbocycles. The first-order chi connectivity index (χ1) is 13.8. The summed E-state index contributed by atoms with van der Waals surface area (Å²) in [4.78, 5) is 7.73. The number of hydrogen-bond acceptors (Lipinski definition) is 4. The summed E-state index contributed by atoms with van der Waals surface area (Å²) in [5, 5.41) is 0.852. The molecule has 0 saturated carbocycles. The second kappa shape index (κ2) is 7.27. The van der Waals surface area contributed by atoms with Gasteiger partial charge in [0.1, 0.15) is 17.2 Å². The van der Waals surface area contributed by atoms with Gasteiger partial charge >= 0.3 is 0 Å². The van der Waals surface area contributed by atoms with Crippen LogP contribution in [0.4, 0.5) is 4.39 Å². The van der Waals surface area contributed by atoms with Crippen LogP contribution in [0, 0.1) is 5.82 Å². The molecule has 152 valence electrons. The molecular weight excluding hydrogens is 393 g/mol. The van der Waals surface area contributed by atoms with Gasteiger partial charge in [0, 0.05) is 35.4 Å². The molecule has 3 heterocycles. The van der Waals surface area contributed by atoms with E-state index < -0.39 is 10.0 Å². The van der Waals surface area contributed by atoms with E-state index in [1.54, 1.807) is 19.4 Å². The molecule has 8 heteroatoms. The minimum absolute atomic E-state index is 0.132. The largest absolute Gasteiger partial charge is 0.496 e. The van der Waals surface area contributed by atoms with Gasteiger partial charge in [0.2, 0.25) is 10.0 Å². The summed E-state index contributed by atoms with van der Waals surface area (Å²) in [5.74, 6) is 0.238. The van der Waals surface area contributed by atoms with Crippen molar-refractivity contribution in [3.8, 4) is 16.9 Å². The minimum atomic E-state index is -3.24. The fraction of sp³-hybridized carbons (Fsp3) is 0.286. The second-order valence-corrected chi connectivity index (χ2v) is 9.20. The number of halogens is 1. The fourth-order valence-electron chi connectivity index (χ4n) is 3.89. The average Bonchev–Trinajstić information content (AvgIpc) is 3.11. The molecule has 0 unspecified atom stereocenters. The van der Waals surface area contributed by atoms with Crippen molar-refractivity contribution in [2.45, 2.75) is 19.4 Å². The molecule has 0 saturated heterocycles. The van der Waals surface area contributed by atoms with Crippen LogP contribution in [0.5, 0.6) is 5.75 Å². The maximum atomic E-state index is 13.9. The molecule has 0 amide bonds. The maximum absolute atomic E-state index is 13.9. The van der Waals surface area contributed by atoms with Crippen LogP contribution in [0.2, 0.25) is 0 Å². The summed E-state index contributed by atoms with van der Waals surface area (Å²) in [6.45, 7) is 2.24. The molecule has 0 aliphatic carbocycles. The van der Waals surface area contributed by atoms with Gasteiger partial charge in [-0.05, 0) is 54.8 Å². The number of aromatic nitrogens is 2. The van der Waals surface area contributed by atoms with Crippen molar-refractivity contribution in [3.05, 3.63) is 54.1 Å². The zero-order valence-electron chi connectivity index (χ0n) is 16.4. The van der Waals surface area contributed by atoms with E-state index in [1.165, 1.54) is 22.7 Å². The molecule has 1 atom stereocenters. The number of rotatable bonds is 4. The highest BCUT2D eigenvalue weighted by molar-refractivity contribution is 7.88. The van der Waals surface area contributed by atoms with E-state index in [0.717, 1.165) is 22.2 Å². The van der Waals surface area contributed by atoms with Crippen LogP contribution in [-0.2, 0) is 10.0 Å². The Balaban J connectivity index is 1.79. The molecule has 1 N–H and O–H groups in total. The number of hydrogen-bond donors (Lipinski definition) is 1. The quantitative estimate of drug-likeness (QED) is 0.703. The molecule has 1 aliphatic rings. The highest BCUT2D eigenvalue weighted by atomic mass is 32.2. The van der Waals surface area contributed by atoms with Gasteiger partial charge in [-0.15, -0.1) is 0 Å². The van der Waals surface area contributed by atoms with Crippen molar-refractivity contribution in [1.29, 1.82) is 0 Å². The zero-order chi connectivity index (χ0) is 20.8. The smallest absolute Gasteiger partial charge is 0.211 e. The number of nitrogens with one attached hydrogen (secondary N) is 1. The summed E-state index contributed by atoms with van der Waals surface area (Å²) in [5.41, 5.74) is 4.07. The van der Waals surface area contributed by atoms with E-state index in [1.807, 2.05) is 25.1 Å². The Kier molecular flexibility index (Phi) is 4.92. The molecule has 2 aromatic heterocycles. The van der Waals surface area contributed by atoms with E-state index in [0.29, 0.717) is 29.9 Å². The lowest BCUT2D eigenvalue weighted by Crippen LogP contribution is -2.40. The van der Waals surface area contributed by atoms with E-state index in [-0.39, 0.29) is 11.9 Å². The number of H-pyrrole nitrogens is 1. The Morgan fingerprint density at radius 3 is 2.72 bits per heavy atom. The molecule has 0 spiro atoms. The van der Waals surface area contributed by atoms with Crippen LogP contribution >= 0.6 is 0 Å². The average molecular weight is 415 g/mol. The van der Waals surface area contributed by atoms with Crippen molar-refractivity contribution in [2.75, 3.05) is 19.9 Å². The number of ether oxygens (including phenoxy) is 1. The van der Waals surface area contributed by atoms with Gasteiger partial charge in [0.25, 0.3) is 0 Å². The standard InChI is InChI=1S/C21H22FN3O3S/c1-13-10-14(7-9-25(13)29(3,26)27)19-12-18-16(6-8-23-21(18)24-19)17-11-15(22)4-5-20(17)28-2/h4-8,11-13H,9-10H2,1-3H3,(H,23,24)/t13-/m0/s1. The summed E-state index contributed by atoms with van der Waals surface area (Å²) >= 11 is 0. The number of aromatic amines is 1. The SMILES string of the molecule is COc1ccc(F)cc1-c1ccnc2[nH]c(C3=CCN(S(C)(=O)=O)[C@@H](C)C3)cc12. The molecular formula is C21H22FN3O3S. The number of sulfonamides is 1. The minimum Gasteiger partial charge on any atom is -0.496 e. The number of pyridine rings is 1. The van der Waals surface area contributed by atoms with Crippen LogP contribution in [0.3, 0.4) is 0 Å². The highest BCUT2D eigenvalue weighted by Gasteiger charge is 2.27. The van der Waals surface area contributed by atoms with E-state index in [9.17, 15) is 12.8 Å². The molecule has 6 nitrogen and oxygen atoms in total. The third kappa shape index (κ3) is 3.65. The van der Waals surface area contributed by atoms with E-state index >= 15 is 0 Å². The lowest BCUT2D eigenvalue weighted by molar-refractivity contribution is 0.360. The zero-order valence-corrected chi connectivity index (χ0v) is 17.3. The Labute approximate surface area is 169 Å². The third-order valence-electron chi connectivity index (χ3n) is 5.28. The molecule has 4 rings (SSSR count). The van der Waals surface area contributed by atoms with E-state index in [4.69, 9.17) is 4.74 Å². The topological polar surface area (TPSA) is 75.3 Å². The van der Waals surface area contributed by atoms with Gasteiger partial charge < -0.3 is 9.72 Å². The van der Waals surface area contributed by atoms with Crippen LogP contribution < -0.4 is 4.74 Å². The Morgan fingerprint density at radius 1 is 1.24 bits per heavy atom. The predicted molar refractivity (Wildman–Crippen MR) is 112 cm³/mol. The van der Waals surface area contributed by atoms with Gasteiger partial charge in [-0.3, -0.25) is 0 Å². The number of fused-ring (bicyclic) bond motifs is 1. The second-order valence-electron chi connectivity index (χ2n) is 7.26. The number of benzene rings is 1. The van der Waals surface area contributed by atoms with Crippen LogP contribution in [0.1, 0.15) is 19.0 Å². The summed E-state index contributed by atoms with van der Waals surface area (Å²) in [7, 11) is -1.69. The van der Waals surface area contributed by atoms with Crippen molar-refractivity contribution in [3.63, 3.8) is 0 Å². The monoisotopic (exact) mass is 415 g/mol. The fourth-order valence-corrected chi connectivity index (χ4v) is 4.96. The van der Waals surface area contributed by atoms with Gasteiger partial charge in [-0.2, -0.15) is 4.31 Å². The van der Waals surface area contributed by atoms with Crippen LogP contribution in [0.25, 0.3) is 27.7 Å². The maximum Gasteiger partial charge on any atom is 0.211 e. The molecule has 0 fully saturated rings. The molecule has 0 bridgehead atoms. The van der Waals surface area contributed by atoms with Gasteiger partial charge in [-0.25, -0.2) is 17.8 Å². The summed E-state index contributed by atoms with van der Waals surface area (Å²) in [6, 6.07) is 8.11. The summed E-state index contributed by atoms with van der Waals surface area (Å²) < 4.78 is 44.6. The first-order valence-electron chi connectivity index (χ1n) is 9.26. The predicted octanol–water partition coefficient (Wildman–Crippen LogP) is 3.81. The highest BCUT2D eigenvalue weighted by Crippen LogP contribution is 2.37. The van der Waals surface area contributed by atoms with Gasteiger partial charge in [0.15, 0.2) is 0 Å². The first kappa shape index (κ1) is 19.6. The van der Waals surface area contributed by atoms with Gasteiger partial charge in [-0.1, -0.05) is 6.08 Å². The Bertz CT molecular complexity index is 1220. The van der Waals surface area contributed by atoms with Gasteiger partial charge in [0.05, 0.1) is 13.4 Å².